The Labute approximate surface area is 214 Å². The summed E-state index contributed by atoms with van der Waals surface area (Å²) >= 11 is 0. The van der Waals surface area contributed by atoms with Crippen molar-refractivity contribution in [1.29, 1.82) is 0 Å². The summed E-state index contributed by atoms with van der Waals surface area (Å²) in [5, 5.41) is 11.8. The number of alkyl halides is 3. The van der Waals surface area contributed by atoms with Crippen molar-refractivity contribution in [3.63, 3.8) is 0 Å². The first-order chi connectivity index (χ1) is 17.4. The fourth-order valence-corrected chi connectivity index (χ4v) is 4.15. The highest BCUT2D eigenvalue weighted by atomic mass is 19.4. The van der Waals surface area contributed by atoms with Gasteiger partial charge in [-0.15, -0.1) is 0 Å². The van der Waals surface area contributed by atoms with Crippen molar-refractivity contribution in [3.8, 4) is 11.5 Å². The number of hydrogen-bond donors (Lipinski definition) is 2. The molecule has 3 aromatic rings. The number of carbonyl (C=O) groups is 2. The second-order valence-corrected chi connectivity index (χ2v) is 9.08. The molecule has 1 atom stereocenters. The smallest absolute Gasteiger partial charge is 0.416 e. The van der Waals surface area contributed by atoms with E-state index in [0.717, 1.165) is 40.8 Å². The number of aryl methyl sites for hydroxylation is 4. The number of halogens is 3. The number of carbonyl (C=O) groups excluding carboxylic acids is 1. The first-order valence-corrected chi connectivity index (χ1v) is 12.0. The molecule has 0 saturated heterocycles. The number of hydrogen-bond acceptors (Lipinski definition) is 3. The summed E-state index contributed by atoms with van der Waals surface area (Å²) in [4.78, 5) is 23.7. The molecule has 2 N–H and O–H groups in total. The molecule has 0 aliphatic heterocycles. The van der Waals surface area contributed by atoms with E-state index in [1.165, 1.54) is 13.0 Å². The summed E-state index contributed by atoms with van der Waals surface area (Å²) in [5.41, 5.74) is 3.30. The van der Waals surface area contributed by atoms with Crippen LogP contribution in [0.25, 0.3) is 0 Å². The largest absolute Gasteiger partial charge is 0.481 e. The van der Waals surface area contributed by atoms with Crippen LogP contribution in [0.2, 0.25) is 0 Å². The number of amides is 1. The first-order valence-electron chi connectivity index (χ1n) is 12.0. The molecule has 0 heterocycles. The van der Waals surface area contributed by atoms with Gasteiger partial charge in [0.15, 0.2) is 0 Å². The molecule has 5 nitrogen and oxygen atoms in total. The molecule has 0 fully saturated rings. The van der Waals surface area contributed by atoms with Crippen molar-refractivity contribution >= 4 is 11.9 Å². The van der Waals surface area contributed by atoms with E-state index in [2.05, 4.69) is 5.32 Å². The Morgan fingerprint density at radius 2 is 1.70 bits per heavy atom. The average molecular weight is 514 g/mol. The van der Waals surface area contributed by atoms with E-state index in [9.17, 15) is 22.8 Å². The highest BCUT2D eigenvalue weighted by Crippen LogP contribution is 2.31. The molecule has 196 valence electrons. The first kappa shape index (κ1) is 27.8. The molecular weight excluding hydrogens is 483 g/mol. The van der Waals surface area contributed by atoms with Crippen LogP contribution in [-0.4, -0.2) is 17.0 Å². The lowest BCUT2D eigenvalue weighted by molar-refractivity contribution is -0.138. The third-order valence-electron chi connectivity index (χ3n) is 6.12. The highest BCUT2D eigenvalue weighted by Gasteiger charge is 2.31. The Kier molecular flexibility index (Phi) is 8.63. The van der Waals surface area contributed by atoms with Gasteiger partial charge in [-0.1, -0.05) is 19.1 Å². The quantitative estimate of drug-likeness (QED) is 0.318. The standard InChI is InChI=1S/C29H30F3NO4/c1-5-20-15-24(9-6-21(20)7-11-27(34)35)37-25-13-17(2)12-22(16-25)19(4)33-28(36)26-10-8-23(14-18(26)3)29(30,31)32/h6,8-10,12-16,19H,5,7,11H2,1-4H3,(H,33,36)(H,34,35)/t19-/m1/s1. The fourth-order valence-electron chi connectivity index (χ4n) is 4.15. The summed E-state index contributed by atoms with van der Waals surface area (Å²) < 4.78 is 45.0. The Bertz CT molecular complexity index is 1300. The average Bonchev–Trinajstić information content (AvgIpc) is 2.81. The number of nitrogens with one attached hydrogen (secondary N) is 1. The maximum Gasteiger partial charge on any atom is 0.416 e. The number of carboxylic acid groups (broad SMARTS) is 1. The number of aliphatic carboxylic acids is 1. The fraction of sp³-hybridized carbons (Fsp3) is 0.310. The molecule has 0 saturated carbocycles. The second kappa shape index (κ2) is 11.5. The van der Waals surface area contributed by atoms with Gasteiger partial charge in [0.2, 0.25) is 0 Å². The molecule has 3 rings (SSSR count). The van der Waals surface area contributed by atoms with Gasteiger partial charge in [0.05, 0.1) is 11.6 Å². The Balaban J connectivity index is 1.76. The van der Waals surface area contributed by atoms with E-state index in [1.54, 1.807) is 13.0 Å². The van der Waals surface area contributed by atoms with Crippen LogP contribution in [0, 0.1) is 13.8 Å². The molecule has 0 bridgehead atoms. The molecule has 0 unspecified atom stereocenters. The second-order valence-electron chi connectivity index (χ2n) is 9.08. The van der Waals surface area contributed by atoms with Gasteiger partial charge in [0.25, 0.3) is 5.91 Å². The maximum atomic E-state index is 13.0. The van der Waals surface area contributed by atoms with Crippen LogP contribution < -0.4 is 10.1 Å². The van der Waals surface area contributed by atoms with Gasteiger partial charge in [-0.25, -0.2) is 0 Å². The number of rotatable bonds is 9. The molecule has 37 heavy (non-hydrogen) atoms. The van der Waals surface area contributed by atoms with Crippen molar-refractivity contribution in [3.05, 3.63) is 93.5 Å². The van der Waals surface area contributed by atoms with Crippen LogP contribution in [0.3, 0.4) is 0 Å². The van der Waals surface area contributed by atoms with Crippen LogP contribution in [0.1, 0.15) is 70.0 Å². The topological polar surface area (TPSA) is 75.6 Å². The van der Waals surface area contributed by atoms with Gasteiger partial charge >= 0.3 is 12.1 Å². The summed E-state index contributed by atoms with van der Waals surface area (Å²) in [5.74, 6) is -0.122. The SMILES string of the molecule is CCc1cc(Oc2cc(C)cc([C@@H](C)NC(=O)c3ccc(C(F)(F)F)cc3C)c2)ccc1CCC(=O)O. The van der Waals surface area contributed by atoms with Crippen molar-refractivity contribution in [2.75, 3.05) is 0 Å². The lowest BCUT2D eigenvalue weighted by Gasteiger charge is -2.18. The molecule has 8 heteroatoms. The summed E-state index contributed by atoms with van der Waals surface area (Å²) in [6.45, 7) is 7.17. The van der Waals surface area contributed by atoms with Crippen LogP contribution in [-0.2, 0) is 23.8 Å². The third-order valence-corrected chi connectivity index (χ3v) is 6.12. The lowest BCUT2D eigenvalue weighted by atomic mass is 10.0. The normalized spacial score (nSPS) is 12.2. The number of ether oxygens (including phenoxy) is 1. The predicted molar refractivity (Wildman–Crippen MR) is 135 cm³/mol. The molecule has 0 aliphatic carbocycles. The molecule has 0 spiro atoms. The minimum Gasteiger partial charge on any atom is -0.481 e. The van der Waals surface area contributed by atoms with E-state index in [0.29, 0.717) is 17.9 Å². The number of carboxylic acids is 1. The predicted octanol–water partition coefficient (Wildman–Crippen LogP) is 7.19. The minimum atomic E-state index is -4.47. The van der Waals surface area contributed by atoms with Gasteiger partial charge in [-0.3, -0.25) is 9.59 Å². The van der Waals surface area contributed by atoms with Crippen molar-refractivity contribution in [2.24, 2.45) is 0 Å². The lowest BCUT2D eigenvalue weighted by Crippen LogP contribution is -2.27. The van der Waals surface area contributed by atoms with E-state index < -0.39 is 29.7 Å². The molecular formula is C29H30F3NO4. The van der Waals surface area contributed by atoms with Crippen LogP contribution in [0.15, 0.2) is 54.6 Å². The third kappa shape index (κ3) is 7.35. The van der Waals surface area contributed by atoms with Crippen molar-refractivity contribution in [1.82, 2.24) is 5.32 Å². The number of benzene rings is 3. The zero-order valence-electron chi connectivity index (χ0n) is 21.2. The Morgan fingerprint density at radius 3 is 2.32 bits per heavy atom. The summed E-state index contributed by atoms with van der Waals surface area (Å²) in [6.07, 6.45) is -3.23. The molecule has 0 radical (unpaired) electrons. The van der Waals surface area contributed by atoms with E-state index >= 15 is 0 Å². The molecule has 0 aliphatic rings. The molecule has 1 amide bonds. The van der Waals surface area contributed by atoms with Gasteiger partial charge < -0.3 is 15.2 Å². The zero-order valence-corrected chi connectivity index (χ0v) is 21.2. The van der Waals surface area contributed by atoms with E-state index in [-0.39, 0.29) is 17.5 Å². The van der Waals surface area contributed by atoms with E-state index in [1.807, 2.05) is 44.2 Å². The van der Waals surface area contributed by atoms with Crippen molar-refractivity contribution < 1.29 is 32.6 Å². The maximum absolute atomic E-state index is 13.0. The van der Waals surface area contributed by atoms with E-state index in [4.69, 9.17) is 9.84 Å². The van der Waals surface area contributed by atoms with Crippen LogP contribution in [0.5, 0.6) is 11.5 Å². The van der Waals surface area contributed by atoms with Crippen molar-refractivity contribution in [2.45, 2.75) is 59.2 Å². The van der Waals surface area contributed by atoms with Gasteiger partial charge in [0.1, 0.15) is 11.5 Å². The molecule has 3 aromatic carbocycles. The van der Waals surface area contributed by atoms with Gasteiger partial charge in [-0.05, 0) is 104 Å². The Morgan fingerprint density at radius 1 is 0.973 bits per heavy atom. The minimum absolute atomic E-state index is 0.0596. The summed E-state index contributed by atoms with van der Waals surface area (Å²) in [6, 6.07) is 13.8. The summed E-state index contributed by atoms with van der Waals surface area (Å²) in [7, 11) is 0. The Hall–Kier alpha value is -3.81. The van der Waals surface area contributed by atoms with Gasteiger partial charge in [0, 0.05) is 12.0 Å². The van der Waals surface area contributed by atoms with Crippen LogP contribution >= 0.6 is 0 Å². The van der Waals surface area contributed by atoms with Crippen LogP contribution in [0.4, 0.5) is 13.2 Å². The molecule has 0 aromatic heterocycles. The zero-order chi connectivity index (χ0) is 27.3. The van der Waals surface area contributed by atoms with Gasteiger partial charge in [-0.2, -0.15) is 13.2 Å². The monoisotopic (exact) mass is 513 g/mol. The highest BCUT2D eigenvalue weighted by molar-refractivity contribution is 5.96.